The van der Waals surface area contributed by atoms with E-state index in [4.69, 9.17) is 14.2 Å². The van der Waals surface area contributed by atoms with Crippen LogP contribution >= 0.6 is 23.1 Å². The third-order valence-electron chi connectivity index (χ3n) is 7.90. The van der Waals surface area contributed by atoms with Crippen LogP contribution in [0.4, 0.5) is 5.13 Å². The average Bonchev–Trinajstić information content (AvgIpc) is 3.68. The number of carbonyl (C=O) groups is 2. The number of hydrogen-bond donors (Lipinski definition) is 1. The molecule has 4 aromatic carbocycles. The molecule has 1 aliphatic heterocycles. The molecule has 240 valence electrons. The van der Waals surface area contributed by atoms with E-state index in [1.165, 1.54) is 42.2 Å². The molecule has 6 rings (SSSR count). The van der Waals surface area contributed by atoms with Crippen LogP contribution in [0.1, 0.15) is 42.5 Å². The summed E-state index contributed by atoms with van der Waals surface area (Å²) in [7, 11) is 2.99. The van der Waals surface area contributed by atoms with Crippen molar-refractivity contribution in [3.63, 3.8) is 0 Å². The van der Waals surface area contributed by atoms with Crippen molar-refractivity contribution in [2.45, 2.75) is 35.9 Å². The number of aliphatic hydroxyl groups is 1. The molecule has 1 aromatic heterocycles. The number of thioether (sulfide) groups is 1. The van der Waals surface area contributed by atoms with E-state index < -0.39 is 17.7 Å². The van der Waals surface area contributed by atoms with Gasteiger partial charge in [0.15, 0.2) is 15.8 Å². The van der Waals surface area contributed by atoms with Crippen LogP contribution in [0.25, 0.3) is 16.5 Å². The van der Waals surface area contributed by atoms with Crippen molar-refractivity contribution in [1.82, 2.24) is 10.2 Å². The van der Waals surface area contributed by atoms with E-state index in [9.17, 15) is 14.7 Å². The monoisotopic (exact) mass is 667 g/mol. The molecule has 0 bridgehead atoms. The molecule has 1 saturated heterocycles. The van der Waals surface area contributed by atoms with Crippen LogP contribution in [-0.2, 0) is 15.3 Å². The molecule has 0 spiro atoms. The highest BCUT2D eigenvalue weighted by molar-refractivity contribution is 8.00. The second-order valence-corrected chi connectivity index (χ2v) is 13.0. The summed E-state index contributed by atoms with van der Waals surface area (Å²) in [6.45, 7) is 2.67. The minimum absolute atomic E-state index is 0.0676. The molecule has 2 heterocycles. The first-order valence-corrected chi connectivity index (χ1v) is 16.9. The lowest BCUT2D eigenvalue weighted by Crippen LogP contribution is -2.29. The zero-order chi connectivity index (χ0) is 32.9. The van der Waals surface area contributed by atoms with Gasteiger partial charge in [0.05, 0.1) is 32.4 Å². The molecule has 0 radical (unpaired) electrons. The highest BCUT2D eigenvalue weighted by Crippen LogP contribution is 2.45. The van der Waals surface area contributed by atoms with Gasteiger partial charge in [-0.15, -0.1) is 10.2 Å². The summed E-state index contributed by atoms with van der Waals surface area (Å²) >= 11 is 2.73. The lowest BCUT2D eigenvalue weighted by molar-refractivity contribution is -0.132. The minimum Gasteiger partial charge on any atom is -0.507 e. The average molecular weight is 668 g/mol. The number of benzene rings is 4. The molecule has 1 amide bonds. The Balaban J connectivity index is 1.36. The lowest BCUT2D eigenvalue weighted by atomic mass is 9.95. The van der Waals surface area contributed by atoms with Crippen LogP contribution in [0.5, 0.6) is 17.2 Å². The smallest absolute Gasteiger partial charge is 0.301 e. The summed E-state index contributed by atoms with van der Waals surface area (Å²) in [5.74, 6) is 0.178. The largest absolute Gasteiger partial charge is 0.507 e. The number of methoxy groups -OCH3 is 2. The lowest BCUT2D eigenvalue weighted by Gasteiger charge is -2.23. The van der Waals surface area contributed by atoms with E-state index in [-0.39, 0.29) is 16.5 Å². The fourth-order valence-corrected chi connectivity index (χ4v) is 7.35. The van der Waals surface area contributed by atoms with Gasteiger partial charge in [-0.1, -0.05) is 91.0 Å². The molecule has 0 saturated carbocycles. The van der Waals surface area contributed by atoms with Crippen LogP contribution < -0.4 is 19.1 Å². The number of hydrogen-bond acceptors (Lipinski definition) is 10. The van der Waals surface area contributed by atoms with Gasteiger partial charge >= 0.3 is 5.91 Å². The van der Waals surface area contributed by atoms with Gasteiger partial charge in [0, 0.05) is 11.3 Å². The van der Waals surface area contributed by atoms with Crippen molar-refractivity contribution >= 4 is 56.5 Å². The van der Waals surface area contributed by atoms with E-state index >= 15 is 0 Å². The zero-order valence-electron chi connectivity index (χ0n) is 26.1. The number of nitrogens with zero attached hydrogens (tertiary/aromatic N) is 3. The van der Waals surface area contributed by atoms with Crippen molar-refractivity contribution in [1.29, 1.82) is 0 Å². The van der Waals surface area contributed by atoms with Crippen LogP contribution in [0.15, 0.2) is 94.8 Å². The van der Waals surface area contributed by atoms with Crippen LogP contribution in [0, 0.1) is 0 Å². The number of fused-ring (bicyclic) bond motifs is 1. The molecule has 1 aliphatic rings. The molecule has 1 unspecified atom stereocenters. The second-order valence-electron chi connectivity index (χ2n) is 10.8. The summed E-state index contributed by atoms with van der Waals surface area (Å²) in [4.78, 5) is 28.8. The van der Waals surface area contributed by atoms with Crippen molar-refractivity contribution < 1.29 is 28.9 Å². The van der Waals surface area contributed by atoms with Crippen molar-refractivity contribution in [2.24, 2.45) is 0 Å². The highest BCUT2D eigenvalue weighted by Gasteiger charge is 2.48. The van der Waals surface area contributed by atoms with Crippen LogP contribution in [-0.4, -0.2) is 47.8 Å². The van der Waals surface area contributed by atoms with Gasteiger partial charge in [-0.05, 0) is 58.7 Å². The van der Waals surface area contributed by atoms with Gasteiger partial charge in [0.2, 0.25) is 5.13 Å². The summed E-state index contributed by atoms with van der Waals surface area (Å²) in [6.07, 6.45) is 1.93. The van der Waals surface area contributed by atoms with Crippen molar-refractivity contribution in [3.05, 3.63) is 107 Å². The van der Waals surface area contributed by atoms with Gasteiger partial charge in [-0.2, -0.15) is 0 Å². The SMILES string of the molecule is CCCCOc1ccc(C2C(=C(O)c3ccc(OC)c(OC)c3)C(=O)C(=O)N2c2nnc(SCc3cccc4ccccc34)s2)cc1. The maximum absolute atomic E-state index is 13.7. The Morgan fingerprint density at radius 3 is 2.47 bits per heavy atom. The van der Waals surface area contributed by atoms with Gasteiger partial charge in [0.25, 0.3) is 5.78 Å². The number of aliphatic hydroxyl groups excluding tert-OH is 1. The Hall–Kier alpha value is -4.87. The normalized spacial score (nSPS) is 15.7. The molecule has 1 N–H and O–H groups in total. The fourth-order valence-electron chi connectivity index (χ4n) is 5.48. The molecular weight excluding hydrogens is 635 g/mol. The van der Waals surface area contributed by atoms with E-state index in [0.29, 0.717) is 45.1 Å². The Labute approximate surface area is 280 Å². The maximum Gasteiger partial charge on any atom is 0.301 e. The number of rotatable bonds is 12. The molecule has 5 aromatic rings. The highest BCUT2D eigenvalue weighted by atomic mass is 32.2. The standard InChI is InChI=1S/C36H33N3O6S2/c1-4-5-19-45-26-16-13-23(14-17-26)31-30(32(40)24-15-18-28(43-2)29(20-24)44-3)33(41)34(42)39(31)35-37-38-36(47-35)46-21-25-11-8-10-22-9-6-7-12-27(22)25/h6-18,20,31,40H,4-5,19,21H2,1-3H3. The Kier molecular flexibility index (Phi) is 9.74. The van der Waals surface area contributed by atoms with E-state index in [1.54, 1.807) is 42.5 Å². The number of aromatic nitrogens is 2. The first-order chi connectivity index (χ1) is 22.9. The summed E-state index contributed by atoms with van der Waals surface area (Å²) < 4.78 is 17.2. The van der Waals surface area contributed by atoms with Gasteiger partial charge in [-0.3, -0.25) is 14.5 Å². The molecule has 1 atom stereocenters. The Bertz CT molecular complexity index is 1950. The number of amides is 1. The number of carbonyl (C=O) groups excluding carboxylic acids is 2. The van der Waals surface area contributed by atoms with Gasteiger partial charge in [-0.25, -0.2) is 0 Å². The number of Topliss-reactive ketones (excluding diaryl/α,β-unsaturated/α-hetero) is 1. The number of anilines is 1. The van der Waals surface area contributed by atoms with Crippen molar-refractivity contribution in [3.8, 4) is 17.2 Å². The van der Waals surface area contributed by atoms with Crippen LogP contribution in [0.2, 0.25) is 0 Å². The molecule has 0 aliphatic carbocycles. The van der Waals surface area contributed by atoms with Gasteiger partial charge in [0.1, 0.15) is 11.5 Å². The Morgan fingerprint density at radius 1 is 0.936 bits per heavy atom. The predicted octanol–water partition coefficient (Wildman–Crippen LogP) is 7.81. The number of ether oxygens (including phenoxy) is 3. The molecular formula is C36H33N3O6S2. The maximum atomic E-state index is 13.7. The first kappa shape index (κ1) is 32.1. The second kappa shape index (κ2) is 14.3. The third kappa shape index (κ3) is 6.54. The summed E-state index contributed by atoms with van der Waals surface area (Å²) in [5.41, 5.74) is 1.99. The third-order valence-corrected chi connectivity index (χ3v) is 10.0. The number of unbranched alkanes of at least 4 members (excludes halogenated alkanes) is 1. The molecule has 11 heteroatoms. The topological polar surface area (TPSA) is 111 Å². The summed E-state index contributed by atoms with van der Waals surface area (Å²) in [5, 5.41) is 22.9. The predicted molar refractivity (Wildman–Crippen MR) is 185 cm³/mol. The van der Waals surface area contributed by atoms with Gasteiger partial charge < -0.3 is 19.3 Å². The minimum atomic E-state index is -0.961. The van der Waals surface area contributed by atoms with Crippen LogP contribution in [0.3, 0.4) is 0 Å². The van der Waals surface area contributed by atoms with E-state index in [2.05, 4.69) is 41.4 Å². The van der Waals surface area contributed by atoms with E-state index in [0.717, 1.165) is 29.2 Å². The molecule has 9 nitrogen and oxygen atoms in total. The zero-order valence-corrected chi connectivity index (χ0v) is 27.8. The molecule has 47 heavy (non-hydrogen) atoms. The molecule has 1 fully saturated rings. The quantitative estimate of drug-likeness (QED) is 0.0356. The summed E-state index contributed by atoms with van der Waals surface area (Å²) in [6, 6.07) is 25.4. The fraction of sp³-hybridized carbons (Fsp3) is 0.222. The first-order valence-electron chi connectivity index (χ1n) is 15.1. The number of ketones is 1. The van der Waals surface area contributed by atoms with E-state index in [1.807, 2.05) is 18.2 Å². The van der Waals surface area contributed by atoms with Crippen molar-refractivity contribution in [2.75, 3.05) is 25.7 Å². The Morgan fingerprint density at radius 2 is 1.70 bits per heavy atom.